The first-order chi connectivity index (χ1) is 12.9. The van der Waals surface area contributed by atoms with Crippen molar-refractivity contribution in [1.29, 1.82) is 0 Å². The van der Waals surface area contributed by atoms with Crippen molar-refractivity contribution in [3.05, 3.63) is 53.4 Å². The van der Waals surface area contributed by atoms with Gasteiger partial charge in [-0.05, 0) is 30.7 Å². The van der Waals surface area contributed by atoms with Crippen LogP contribution in [0, 0.1) is 18.6 Å². The molecule has 0 aliphatic carbocycles. The van der Waals surface area contributed by atoms with Gasteiger partial charge >= 0.3 is 0 Å². The van der Waals surface area contributed by atoms with Crippen molar-refractivity contribution in [3.8, 4) is 0 Å². The number of halogens is 2. The van der Waals surface area contributed by atoms with E-state index in [1.807, 2.05) is 0 Å². The van der Waals surface area contributed by atoms with Crippen LogP contribution in [0.4, 0.5) is 20.2 Å². The van der Waals surface area contributed by atoms with E-state index < -0.39 is 17.5 Å². The van der Waals surface area contributed by atoms with Crippen molar-refractivity contribution >= 4 is 28.3 Å². The number of hydrogen-bond donors (Lipinski definition) is 3. The van der Waals surface area contributed by atoms with Gasteiger partial charge in [-0.2, -0.15) is 0 Å². The highest BCUT2D eigenvalue weighted by atomic mass is 19.1. The fraction of sp³-hybridized carbons (Fsp3) is 0.222. The van der Waals surface area contributed by atoms with E-state index in [-0.39, 0.29) is 35.7 Å². The average molecular weight is 376 g/mol. The molecular formula is C18H18F2N4O3. The Labute approximate surface area is 153 Å². The van der Waals surface area contributed by atoms with Gasteiger partial charge in [-0.1, -0.05) is 6.07 Å². The molecule has 2 aromatic carbocycles. The summed E-state index contributed by atoms with van der Waals surface area (Å²) in [4.78, 5) is 21.3. The zero-order valence-electron chi connectivity index (χ0n) is 14.7. The van der Waals surface area contributed by atoms with E-state index in [1.165, 1.54) is 24.5 Å². The summed E-state index contributed by atoms with van der Waals surface area (Å²) in [5.41, 5.74) is 2.94. The number of anilines is 2. The maximum Gasteiger partial charge on any atom is 0.277 e. The molecule has 0 bridgehead atoms. The van der Waals surface area contributed by atoms with E-state index in [1.54, 1.807) is 24.6 Å². The minimum absolute atomic E-state index is 0.0140. The number of aliphatic hydroxyl groups excluding tert-OH is 1. The number of fused-ring (bicyclic) bond motifs is 1. The van der Waals surface area contributed by atoms with Crippen LogP contribution in [0.1, 0.15) is 15.9 Å². The number of aliphatic hydroxyl groups is 1. The van der Waals surface area contributed by atoms with Crippen LogP contribution in [-0.2, 0) is 11.9 Å². The van der Waals surface area contributed by atoms with Gasteiger partial charge in [0.2, 0.25) is 0 Å². The van der Waals surface area contributed by atoms with Crippen LogP contribution in [0.5, 0.6) is 0 Å². The molecule has 0 aliphatic rings. The van der Waals surface area contributed by atoms with Crippen LogP contribution in [-0.4, -0.2) is 33.8 Å². The van der Waals surface area contributed by atoms with E-state index in [9.17, 15) is 9.18 Å². The smallest absolute Gasteiger partial charge is 0.277 e. The van der Waals surface area contributed by atoms with Crippen LogP contribution in [0.2, 0.25) is 0 Å². The minimum Gasteiger partial charge on any atom is -0.394 e. The number of nitrogens with zero attached hydrogens (tertiary/aromatic N) is 2. The molecule has 0 radical (unpaired) electrons. The van der Waals surface area contributed by atoms with Gasteiger partial charge in [0.1, 0.15) is 11.3 Å². The van der Waals surface area contributed by atoms with Crippen molar-refractivity contribution < 1.29 is 23.5 Å². The second-order valence-corrected chi connectivity index (χ2v) is 5.95. The molecular weight excluding hydrogens is 358 g/mol. The molecule has 1 heterocycles. The molecule has 0 saturated heterocycles. The molecule has 0 atom stereocenters. The maximum atomic E-state index is 15.1. The third-order valence-corrected chi connectivity index (χ3v) is 3.95. The summed E-state index contributed by atoms with van der Waals surface area (Å²) >= 11 is 0. The van der Waals surface area contributed by atoms with Crippen LogP contribution in [0.25, 0.3) is 11.0 Å². The Morgan fingerprint density at radius 1 is 1.33 bits per heavy atom. The quantitative estimate of drug-likeness (QED) is 0.455. The highest BCUT2D eigenvalue weighted by Gasteiger charge is 2.22. The summed E-state index contributed by atoms with van der Waals surface area (Å²) in [7, 11) is 1.66. The van der Waals surface area contributed by atoms with Crippen molar-refractivity contribution in [1.82, 2.24) is 15.0 Å². The number of carbonyl (C=O) groups is 1. The van der Waals surface area contributed by atoms with E-state index in [0.29, 0.717) is 11.1 Å². The Balaban J connectivity index is 2.09. The predicted molar refractivity (Wildman–Crippen MR) is 95.6 cm³/mol. The number of amides is 1. The van der Waals surface area contributed by atoms with Gasteiger partial charge in [-0.25, -0.2) is 19.2 Å². The molecule has 142 valence electrons. The third kappa shape index (κ3) is 3.74. The first kappa shape index (κ1) is 18.7. The lowest BCUT2D eigenvalue weighted by Crippen LogP contribution is -2.26. The summed E-state index contributed by atoms with van der Waals surface area (Å²) in [5.74, 6) is -2.13. The average Bonchev–Trinajstić information content (AvgIpc) is 3.00. The number of benzene rings is 2. The van der Waals surface area contributed by atoms with Gasteiger partial charge in [0.25, 0.3) is 5.91 Å². The van der Waals surface area contributed by atoms with Gasteiger partial charge in [-0.15, -0.1) is 0 Å². The van der Waals surface area contributed by atoms with Gasteiger partial charge < -0.3 is 15.0 Å². The lowest BCUT2D eigenvalue weighted by Gasteiger charge is -2.15. The van der Waals surface area contributed by atoms with E-state index >= 15 is 4.39 Å². The van der Waals surface area contributed by atoms with Crippen LogP contribution in [0.3, 0.4) is 0 Å². The summed E-state index contributed by atoms with van der Waals surface area (Å²) < 4.78 is 30.8. The molecule has 0 aliphatic heterocycles. The monoisotopic (exact) mass is 376 g/mol. The molecule has 3 N–H and O–H groups in total. The molecule has 1 amide bonds. The highest BCUT2D eigenvalue weighted by molar-refractivity contribution is 6.04. The summed E-state index contributed by atoms with van der Waals surface area (Å²) in [6.45, 7) is 1.30. The van der Waals surface area contributed by atoms with Crippen molar-refractivity contribution in [2.45, 2.75) is 6.92 Å². The van der Waals surface area contributed by atoms with Gasteiger partial charge in [0.15, 0.2) is 5.82 Å². The van der Waals surface area contributed by atoms with Crippen molar-refractivity contribution in [2.75, 3.05) is 18.5 Å². The van der Waals surface area contributed by atoms with Gasteiger partial charge in [0.05, 0.1) is 42.0 Å². The molecule has 0 fully saturated rings. The zero-order chi connectivity index (χ0) is 19.6. The third-order valence-electron chi connectivity index (χ3n) is 3.95. The van der Waals surface area contributed by atoms with E-state index in [0.717, 1.165) is 0 Å². The standard InChI is InChI=1S/C18H18F2N4O3/c1-10-3-4-13(12(19)7-10)22-16-11(18(26)23-27-6-5-25)8-14-17(15(16)20)21-9-24(14)2/h3-4,7-9,22,25H,5-6H2,1-2H3,(H,23,26). The largest absolute Gasteiger partial charge is 0.394 e. The minimum atomic E-state index is -0.791. The van der Waals surface area contributed by atoms with Gasteiger partial charge in [-0.3, -0.25) is 9.63 Å². The second-order valence-electron chi connectivity index (χ2n) is 5.95. The van der Waals surface area contributed by atoms with Crippen LogP contribution in [0.15, 0.2) is 30.6 Å². The first-order valence-electron chi connectivity index (χ1n) is 8.12. The normalized spacial score (nSPS) is 11.0. The molecule has 0 saturated carbocycles. The number of hydroxylamine groups is 1. The topological polar surface area (TPSA) is 88.4 Å². The van der Waals surface area contributed by atoms with E-state index in [2.05, 4.69) is 15.8 Å². The molecule has 0 unspecified atom stereocenters. The number of aromatic nitrogens is 2. The van der Waals surface area contributed by atoms with Crippen LogP contribution < -0.4 is 10.8 Å². The Morgan fingerprint density at radius 3 is 2.81 bits per heavy atom. The Hall–Kier alpha value is -3.04. The van der Waals surface area contributed by atoms with Gasteiger partial charge in [0, 0.05) is 7.05 Å². The molecule has 3 aromatic rings. The number of carbonyl (C=O) groups excluding carboxylic acids is 1. The summed E-state index contributed by atoms with van der Waals surface area (Å²) in [6.07, 6.45) is 1.41. The fourth-order valence-electron chi connectivity index (χ4n) is 2.60. The number of hydrogen-bond acceptors (Lipinski definition) is 5. The molecule has 3 rings (SSSR count). The SMILES string of the molecule is Cc1ccc(Nc2c(C(=O)NOCCO)cc3c(ncn3C)c2F)c(F)c1. The van der Waals surface area contributed by atoms with Crippen LogP contribution >= 0.6 is 0 Å². The molecule has 9 heteroatoms. The number of rotatable bonds is 6. The molecule has 27 heavy (non-hydrogen) atoms. The maximum absolute atomic E-state index is 15.1. The number of nitrogens with one attached hydrogen (secondary N) is 2. The first-order valence-corrected chi connectivity index (χ1v) is 8.12. The summed E-state index contributed by atoms with van der Waals surface area (Å²) in [6, 6.07) is 5.84. The Morgan fingerprint density at radius 2 is 2.11 bits per heavy atom. The van der Waals surface area contributed by atoms with Crippen molar-refractivity contribution in [2.24, 2.45) is 7.05 Å². The fourth-order valence-corrected chi connectivity index (χ4v) is 2.60. The Bertz CT molecular complexity index is 1000. The molecule has 0 spiro atoms. The lowest BCUT2D eigenvalue weighted by molar-refractivity contribution is 0.0169. The lowest BCUT2D eigenvalue weighted by atomic mass is 10.1. The molecule has 7 nitrogen and oxygen atoms in total. The number of aryl methyl sites for hydroxylation is 2. The van der Waals surface area contributed by atoms with E-state index in [4.69, 9.17) is 9.94 Å². The number of imidazole rings is 1. The second kappa shape index (κ2) is 7.68. The Kier molecular flexibility index (Phi) is 5.33. The zero-order valence-corrected chi connectivity index (χ0v) is 14.7. The summed E-state index contributed by atoms with van der Waals surface area (Å²) in [5, 5.41) is 11.4. The predicted octanol–water partition coefficient (Wildman–Crippen LogP) is 2.56. The van der Waals surface area contributed by atoms with Crippen molar-refractivity contribution in [3.63, 3.8) is 0 Å². The highest BCUT2D eigenvalue weighted by Crippen LogP contribution is 2.31. The molecule has 1 aromatic heterocycles.